The molecule has 0 saturated heterocycles. The molecule has 2 aromatic heterocycles. The highest BCUT2D eigenvalue weighted by molar-refractivity contribution is 9.10. The van der Waals surface area contributed by atoms with Gasteiger partial charge in [-0.1, -0.05) is 5.16 Å². The van der Waals surface area contributed by atoms with E-state index in [-0.39, 0.29) is 21.7 Å². The van der Waals surface area contributed by atoms with E-state index in [1.807, 2.05) is 0 Å². The fraction of sp³-hybridized carbons (Fsp3) is 0.286. The summed E-state index contributed by atoms with van der Waals surface area (Å²) in [6.07, 6.45) is 0.358. The first-order chi connectivity index (χ1) is 13.3. The number of thioether (sulfide) groups is 1. The van der Waals surface area contributed by atoms with Crippen LogP contribution < -0.4 is 10.5 Å². The lowest BCUT2D eigenvalue weighted by Crippen LogP contribution is -2.22. The maximum Gasteiger partial charge on any atom is 0.446 e. The number of nitrogens with zero attached hydrogens (tertiary/aromatic N) is 4. The van der Waals surface area contributed by atoms with E-state index in [0.717, 1.165) is 4.57 Å². The minimum atomic E-state index is -3.30. The Kier molecular flexibility index (Phi) is 6.32. The summed E-state index contributed by atoms with van der Waals surface area (Å²) in [5.74, 6) is -0.907. The van der Waals surface area contributed by atoms with Crippen LogP contribution in [0.5, 0.6) is 0 Å². The highest BCUT2D eigenvalue weighted by Gasteiger charge is 2.23. The van der Waals surface area contributed by atoms with Crippen LogP contribution in [0.1, 0.15) is 6.42 Å². The van der Waals surface area contributed by atoms with Crippen molar-refractivity contribution in [3.8, 4) is 17.2 Å². The molecule has 10 nitrogen and oxygen atoms in total. The highest BCUT2D eigenvalue weighted by Crippen LogP contribution is 2.29. The fourth-order valence-corrected chi connectivity index (χ4v) is 4.29. The van der Waals surface area contributed by atoms with E-state index >= 15 is 0 Å². The third-order valence-electron chi connectivity index (χ3n) is 3.54. The van der Waals surface area contributed by atoms with Crippen molar-refractivity contribution >= 4 is 37.7 Å². The number of nitrogens with one attached hydrogen (secondary N) is 1. The van der Waals surface area contributed by atoms with Crippen molar-refractivity contribution in [1.29, 1.82) is 0 Å². The van der Waals surface area contributed by atoms with E-state index in [2.05, 4.69) is 36.1 Å². The highest BCUT2D eigenvalue weighted by atomic mass is 79.9. The molecule has 0 aliphatic rings. The zero-order chi connectivity index (χ0) is 20.3. The number of aromatic nitrogens is 4. The third-order valence-corrected chi connectivity index (χ3v) is 6.63. The first-order valence-electron chi connectivity index (χ1n) is 7.73. The molecule has 1 aromatic carbocycles. The number of hydrogen-bond acceptors (Lipinski definition) is 9. The van der Waals surface area contributed by atoms with Crippen LogP contribution in [-0.4, -0.2) is 47.0 Å². The Morgan fingerprint density at radius 3 is 2.82 bits per heavy atom. The maximum atomic E-state index is 13.5. The number of halogens is 2. The predicted molar refractivity (Wildman–Crippen MR) is 101 cm³/mol. The van der Waals surface area contributed by atoms with Crippen LogP contribution in [0.2, 0.25) is 0 Å². The molecule has 0 unspecified atom stereocenters. The van der Waals surface area contributed by atoms with Crippen LogP contribution in [0.15, 0.2) is 41.6 Å². The van der Waals surface area contributed by atoms with E-state index < -0.39 is 21.6 Å². The number of sulfonamides is 1. The van der Waals surface area contributed by atoms with Gasteiger partial charge in [0, 0.05) is 5.75 Å². The Balaban J connectivity index is 1.85. The molecule has 150 valence electrons. The topological polar surface area (TPSA) is 133 Å². The molecule has 0 bridgehead atoms. The van der Waals surface area contributed by atoms with Crippen LogP contribution in [0.3, 0.4) is 0 Å². The van der Waals surface area contributed by atoms with E-state index in [1.165, 1.54) is 37.0 Å². The first kappa shape index (κ1) is 20.7. The SMILES string of the molecule is CNS(=O)(=O)CCCSc1nonc1-c1noc(=O)n1-c1ccc(F)c(Br)c1. The Labute approximate surface area is 170 Å². The van der Waals surface area contributed by atoms with Crippen molar-refractivity contribution in [2.24, 2.45) is 0 Å². The molecule has 0 saturated carbocycles. The smallest absolute Gasteiger partial charge is 0.295 e. The molecule has 0 aliphatic heterocycles. The van der Waals surface area contributed by atoms with Crippen molar-refractivity contribution in [2.75, 3.05) is 18.6 Å². The van der Waals surface area contributed by atoms with E-state index in [4.69, 9.17) is 9.15 Å². The van der Waals surface area contributed by atoms with Crippen molar-refractivity contribution in [3.05, 3.63) is 39.0 Å². The zero-order valence-corrected chi connectivity index (χ0v) is 17.5. The largest absolute Gasteiger partial charge is 0.446 e. The quantitative estimate of drug-likeness (QED) is 0.368. The van der Waals surface area contributed by atoms with Gasteiger partial charge in [-0.25, -0.2) is 31.5 Å². The van der Waals surface area contributed by atoms with E-state index in [0.29, 0.717) is 22.9 Å². The molecule has 0 radical (unpaired) electrons. The number of benzene rings is 1. The van der Waals surface area contributed by atoms with Gasteiger partial charge < -0.3 is 0 Å². The molecular formula is C14H13BrFN5O5S2. The second-order valence-corrected chi connectivity index (χ2v) is 9.33. The van der Waals surface area contributed by atoms with Crippen LogP contribution in [0.25, 0.3) is 17.2 Å². The van der Waals surface area contributed by atoms with Crippen LogP contribution in [0.4, 0.5) is 4.39 Å². The molecular weight excluding hydrogens is 481 g/mol. The van der Waals surface area contributed by atoms with Gasteiger partial charge in [0.2, 0.25) is 15.8 Å². The molecule has 3 rings (SSSR count). The third kappa shape index (κ3) is 4.51. The van der Waals surface area contributed by atoms with Gasteiger partial charge in [-0.2, -0.15) is 0 Å². The molecule has 0 atom stereocenters. The molecule has 1 N–H and O–H groups in total. The Morgan fingerprint density at radius 1 is 1.32 bits per heavy atom. The average molecular weight is 494 g/mol. The van der Waals surface area contributed by atoms with E-state index in [9.17, 15) is 17.6 Å². The molecule has 2 heterocycles. The summed E-state index contributed by atoms with van der Waals surface area (Å²) >= 11 is 4.25. The van der Waals surface area contributed by atoms with Crippen LogP contribution in [-0.2, 0) is 10.0 Å². The van der Waals surface area contributed by atoms with Crippen molar-refractivity contribution in [2.45, 2.75) is 11.4 Å². The van der Waals surface area contributed by atoms with Gasteiger partial charge in [-0.3, -0.25) is 4.52 Å². The lowest BCUT2D eigenvalue weighted by atomic mass is 10.3. The van der Waals surface area contributed by atoms with Crippen LogP contribution >= 0.6 is 27.7 Å². The molecule has 3 aromatic rings. The van der Waals surface area contributed by atoms with Crippen molar-refractivity contribution < 1.29 is 22.0 Å². The van der Waals surface area contributed by atoms with Crippen molar-refractivity contribution in [1.82, 2.24) is 24.8 Å². The Morgan fingerprint density at radius 2 is 2.11 bits per heavy atom. The molecule has 0 aliphatic carbocycles. The van der Waals surface area contributed by atoms with Gasteiger partial charge in [0.15, 0.2) is 10.7 Å². The second kappa shape index (κ2) is 8.55. The maximum absolute atomic E-state index is 13.5. The minimum absolute atomic E-state index is 0.0232. The summed E-state index contributed by atoms with van der Waals surface area (Å²) in [6.45, 7) is 0. The summed E-state index contributed by atoms with van der Waals surface area (Å²) in [5.41, 5.74) is 0.446. The summed E-state index contributed by atoms with van der Waals surface area (Å²) < 4.78 is 49.4. The summed E-state index contributed by atoms with van der Waals surface area (Å²) in [7, 11) is -1.95. The molecule has 0 amide bonds. The molecule has 0 fully saturated rings. The normalized spacial score (nSPS) is 11.8. The van der Waals surface area contributed by atoms with E-state index in [1.54, 1.807) is 0 Å². The Bertz CT molecular complexity index is 1140. The van der Waals surface area contributed by atoms with Gasteiger partial charge in [-0.15, -0.1) is 11.8 Å². The standard InChI is InChI=1S/C14H13BrFN5O5S2/c1-17-28(23,24)6-2-5-27-13-11(18-26-20-13)12-19-25-14(22)21(12)8-3-4-10(16)9(15)7-8/h3-4,7,17H,2,5-6H2,1H3. The number of hydrogen-bond donors (Lipinski definition) is 1. The lowest BCUT2D eigenvalue weighted by Gasteiger charge is -2.05. The molecule has 28 heavy (non-hydrogen) atoms. The number of rotatable bonds is 8. The van der Waals surface area contributed by atoms with Gasteiger partial charge in [0.25, 0.3) is 0 Å². The van der Waals surface area contributed by atoms with Gasteiger partial charge >= 0.3 is 5.76 Å². The van der Waals surface area contributed by atoms with Gasteiger partial charge in [0.05, 0.1) is 15.9 Å². The summed E-state index contributed by atoms with van der Waals surface area (Å²) in [4.78, 5) is 12.1. The lowest BCUT2D eigenvalue weighted by molar-refractivity contribution is 0.299. The minimum Gasteiger partial charge on any atom is -0.295 e. The first-order valence-corrected chi connectivity index (χ1v) is 11.2. The Hall–Kier alpha value is -2.03. The zero-order valence-electron chi connectivity index (χ0n) is 14.3. The predicted octanol–water partition coefficient (Wildman–Crippen LogP) is 1.81. The average Bonchev–Trinajstić information content (AvgIpc) is 3.27. The van der Waals surface area contributed by atoms with Gasteiger partial charge in [-0.05, 0) is 57.9 Å². The fourth-order valence-electron chi connectivity index (χ4n) is 2.18. The molecule has 0 spiro atoms. The monoisotopic (exact) mass is 493 g/mol. The van der Waals surface area contributed by atoms with Crippen molar-refractivity contribution in [3.63, 3.8) is 0 Å². The summed E-state index contributed by atoms with van der Waals surface area (Å²) in [6, 6.07) is 3.95. The second-order valence-electron chi connectivity index (χ2n) is 5.35. The molecule has 14 heteroatoms. The van der Waals surface area contributed by atoms with Gasteiger partial charge in [0.1, 0.15) is 5.82 Å². The summed E-state index contributed by atoms with van der Waals surface area (Å²) in [5, 5.41) is 11.6. The van der Waals surface area contributed by atoms with Crippen LogP contribution in [0, 0.1) is 5.82 Å².